The molecule has 0 saturated heterocycles. The minimum atomic E-state index is 0.519. The van der Waals surface area contributed by atoms with Crippen molar-refractivity contribution in [1.29, 1.82) is 0 Å². The van der Waals surface area contributed by atoms with Gasteiger partial charge in [0, 0.05) is 6.04 Å². The Balaban J connectivity index is 2.47. The molecule has 0 aliphatic heterocycles. The highest BCUT2D eigenvalue weighted by molar-refractivity contribution is 6.42. The van der Waals surface area contributed by atoms with Gasteiger partial charge in [-0.25, -0.2) is 0 Å². The lowest BCUT2D eigenvalue weighted by molar-refractivity contribution is 0.454. The van der Waals surface area contributed by atoms with E-state index >= 15 is 0 Å². The molecule has 0 fully saturated rings. The molecular weight excluding hydrogens is 301 g/mol. The van der Waals surface area contributed by atoms with Crippen molar-refractivity contribution in [3.63, 3.8) is 0 Å². The lowest BCUT2D eigenvalue weighted by atomic mass is 10.00. The maximum absolute atomic E-state index is 6.10. The summed E-state index contributed by atoms with van der Waals surface area (Å²) in [6, 6.07) is 6.47. The summed E-state index contributed by atoms with van der Waals surface area (Å²) in [5.41, 5.74) is 1.25. The maximum atomic E-state index is 6.10. The van der Waals surface area contributed by atoms with Crippen LogP contribution >= 0.6 is 23.2 Å². The minimum Gasteiger partial charge on any atom is -0.314 e. The zero-order valence-electron chi connectivity index (χ0n) is 13.0. The molecule has 21 heavy (non-hydrogen) atoms. The Hall–Kier alpha value is -0.500. The van der Waals surface area contributed by atoms with Crippen LogP contribution in [-0.2, 0) is 6.42 Å². The van der Waals surface area contributed by atoms with Crippen LogP contribution in [0.1, 0.15) is 51.0 Å². The topological polar surface area (TPSA) is 12.0 Å². The summed E-state index contributed by atoms with van der Waals surface area (Å²) < 4.78 is 0. The third-order valence-electron chi connectivity index (χ3n) is 3.61. The molecule has 0 heterocycles. The largest absolute Gasteiger partial charge is 0.314 e. The molecule has 0 bridgehead atoms. The zero-order valence-corrected chi connectivity index (χ0v) is 14.5. The van der Waals surface area contributed by atoms with Gasteiger partial charge in [-0.05, 0) is 56.3 Å². The predicted molar refractivity (Wildman–Crippen MR) is 95.5 cm³/mol. The van der Waals surface area contributed by atoms with Crippen molar-refractivity contribution in [3.8, 4) is 0 Å². The van der Waals surface area contributed by atoms with Gasteiger partial charge in [0.05, 0.1) is 10.0 Å². The van der Waals surface area contributed by atoms with Crippen molar-refractivity contribution in [2.75, 3.05) is 6.54 Å². The van der Waals surface area contributed by atoms with E-state index in [1.54, 1.807) is 0 Å². The highest BCUT2D eigenvalue weighted by Gasteiger charge is 2.10. The first-order valence-electron chi connectivity index (χ1n) is 7.95. The molecule has 3 heteroatoms. The van der Waals surface area contributed by atoms with Gasteiger partial charge in [0.15, 0.2) is 0 Å². The van der Waals surface area contributed by atoms with Gasteiger partial charge < -0.3 is 5.32 Å². The Morgan fingerprint density at radius 1 is 1.19 bits per heavy atom. The molecule has 0 amide bonds. The van der Waals surface area contributed by atoms with Crippen LogP contribution in [-0.4, -0.2) is 12.6 Å². The van der Waals surface area contributed by atoms with Crippen LogP contribution in [0.15, 0.2) is 30.9 Å². The molecule has 1 aromatic carbocycles. The van der Waals surface area contributed by atoms with Crippen LogP contribution in [0.25, 0.3) is 0 Å². The first-order valence-corrected chi connectivity index (χ1v) is 8.71. The Kier molecular flexibility index (Phi) is 9.82. The quantitative estimate of drug-likeness (QED) is 0.386. The molecule has 0 aromatic heterocycles. The summed E-state index contributed by atoms with van der Waals surface area (Å²) in [6.07, 6.45) is 10.3. The van der Waals surface area contributed by atoms with Crippen LogP contribution < -0.4 is 5.32 Å². The SMILES string of the molecule is C=CCCCCCC(Cc1ccc(Cl)c(Cl)c1)NCCC. The Morgan fingerprint density at radius 3 is 2.67 bits per heavy atom. The van der Waals surface area contributed by atoms with Gasteiger partial charge in [0.2, 0.25) is 0 Å². The van der Waals surface area contributed by atoms with Gasteiger partial charge >= 0.3 is 0 Å². The standard InChI is InChI=1S/C18H27Cl2N/c1-3-5-6-7-8-9-16(21-12-4-2)13-15-10-11-17(19)18(20)14-15/h3,10-11,14,16,21H,1,4-9,12-13H2,2H3. The molecule has 0 saturated carbocycles. The number of unbranched alkanes of at least 4 members (excludes halogenated alkanes) is 3. The molecule has 118 valence electrons. The second kappa shape index (κ2) is 11.1. The second-order valence-electron chi connectivity index (χ2n) is 5.53. The Bertz CT molecular complexity index is 418. The highest BCUT2D eigenvalue weighted by Crippen LogP contribution is 2.23. The minimum absolute atomic E-state index is 0.519. The van der Waals surface area contributed by atoms with Gasteiger partial charge in [0.1, 0.15) is 0 Å². The molecule has 1 atom stereocenters. The van der Waals surface area contributed by atoms with E-state index in [2.05, 4.69) is 24.9 Å². The molecule has 0 aliphatic rings. The average molecular weight is 328 g/mol. The summed E-state index contributed by atoms with van der Waals surface area (Å²) in [4.78, 5) is 0. The lowest BCUT2D eigenvalue weighted by Gasteiger charge is -2.19. The van der Waals surface area contributed by atoms with Gasteiger partial charge in [-0.3, -0.25) is 0 Å². The number of nitrogens with one attached hydrogen (secondary N) is 1. The van der Waals surface area contributed by atoms with E-state index in [4.69, 9.17) is 23.2 Å². The molecule has 0 radical (unpaired) electrons. The molecule has 1 N–H and O–H groups in total. The van der Waals surface area contributed by atoms with Crippen molar-refractivity contribution < 1.29 is 0 Å². The zero-order chi connectivity index (χ0) is 15.5. The van der Waals surface area contributed by atoms with Crippen LogP contribution in [0.2, 0.25) is 10.0 Å². The first-order chi connectivity index (χ1) is 10.2. The fourth-order valence-corrected chi connectivity index (χ4v) is 2.75. The predicted octanol–water partition coefficient (Wildman–Crippen LogP) is 6.04. The van der Waals surface area contributed by atoms with E-state index in [0.717, 1.165) is 25.8 Å². The van der Waals surface area contributed by atoms with E-state index in [1.807, 2.05) is 18.2 Å². The number of hydrogen-bond donors (Lipinski definition) is 1. The summed E-state index contributed by atoms with van der Waals surface area (Å²) in [5.74, 6) is 0. The van der Waals surface area contributed by atoms with E-state index in [0.29, 0.717) is 16.1 Å². The number of benzene rings is 1. The monoisotopic (exact) mass is 327 g/mol. The number of rotatable bonds is 11. The van der Waals surface area contributed by atoms with E-state index < -0.39 is 0 Å². The van der Waals surface area contributed by atoms with E-state index in [9.17, 15) is 0 Å². The van der Waals surface area contributed by atoms with Crippen molar-refractivity contribution in [3.05, 3.63) is 46.5 Å². The van der Waals surface area contributed by atoms with Gasteiger partial charge in [-0.15, -0.1) is 6.58 Å². The number of hydrogen-bond acceptors (Lipinski definition) is 1. The molecule has 0 spiro atoms. The third-order valence-corrected chi connectivity index (χ3v) is 4.35. The van der Waals surface area contributed by atoms with Crippen molar-refractivity contribution in [1.82, 2.24) is 5.32 Å². The van der Waals surface area contributed by atoms with Crippen molar-refractivity contribution >= 4 is 23.2 Å². The third kappa shape index (κ3) is 7.90. The Labute approximate surface area is 139 Å². The molecule has 0 aliphatic carbocycles. The summed E-state index contributed by atoms with van der Waals surface area (Å²) in [7, 11) is 0. The first kappa shape index (κ1) is 18.5. The van der Waals surface area contributed by atoms with Crippen LogP contribution in [0.4, 0.5) is 0 Å². The van der Waals surface area contributed by atoms with Crippen molar-refractivity contribution in [2.45, 2.75) is 57.9 Å². The van der Waals surface area contributed by atoms with Gasteiger partial charge in [0.25, 0.3) is 0 Å². The van der Waals surface area contributed by atoms with Crippen LogP contribution in [0, 0.1) is 0 Å². The summed E-state index contributed by atoms with van der Waals surface area (Å²) >= 11 is 12.1. The number of halogens is 2. The average Bonchev–Trinajstić information content (AvgIpc) is 2.48. The van der Waals surface area contributed by atoms with Gasteiger partial charge in [-0.1, -0.05) is 55.1 Å². The smallest absolute Gasteiger partial charge is 0.0595 e. The van der Waals surface area contributed by atoms with Crippen LogP contribution in [0.3, 0.4) is 0 Å². The number of allylic oxidation sites excluding steroid dienone is 1. The lowest BCUT2D eigenvalue weighted by Crippen LogP contribution is -2.31. The molecule has 1 rings (SSSR count). The normalized spacial score (nSPS) is 12.3. The summed E-state index contributed by atoms with van der Waals surface area (Å²) in [5, 5.41) is 4.92. The fourth-order valence-electron chi connectivity index (χ4n) is 2.43. The molecule has 1 nitrogen and oxygen atoms in total. The highest BCUT2D eigenvalue weighted by atomic mass is 35.5. The second-order valence-corrected chi connectivity index (χ2v) is 6.34. The molecular formula is C18H27Cl2N. The van der Waals surface area contributed by atoms with Gasteiger partial charge in [-0.2, -0.15) is 0 Å². The van der Waals surface area contributed by atoms with E-state index in [-0.39, 0.29) is 0 Å². The summed E-state index contributed by atoms with van der Waals surface area (Å²) in [6.45, 7) is 7.04. The molecule has 1 aromatic rings. The fraction of sp³-hybridized carbons (Fsp3) is 0.556. The van der Waals surface area contributed by atoms with E-state index in [1.165, 1.54) is 31.2 Å². The van der Waals surface area contributed by atoms with Crippen LogP contribution in [0.5, 0.6) is 0 Å². The Morgan fingerprint density at radius 2 is 2.00 bits per heavy atom. The maximum Gasteiger partial charge on any atom is 0.0595 e. The molecule has 1 unspecified atom stereocenters. The van der Waals surface area contributed by atoms with Crippen molar-refractivity contribution in [2.24, 2.45) is 0 Å².